The molecule has 98 valence electrons. The number of aromatic nitrogens is 1. The Morgan fingerprint density at radius 3 is 3.00 bits per heavy atom. The number of nitrogens with zero attached hydrogens (tertiary/aromatic N) is 1. The highest BCUT2D eigenvalue weighted by Crippen LogP contribution is 2.31. The minimum atomic E-state index is 0.487. The molecule has 1 unspecified atom stereocenters. The average Bonchev–Trinajstić information content (AvgIpc) is 2.79. The fraction of sp³-hybridized carbons (Fsp3) is 0.500. The lowest BCUT2D eigenvalue weighted by atomic mass is 10.1. The molecule has 2 aromatic rings. The van der Waals surface area contributed by atoms with Gasteiger partial charge in [0.25, 0.3) is 0 Å². The highest BCUT2D eigenvalue weighted by atomic mass is 32.1. The van der Waals surface area contributed by atoms with E-state index in [0.717, 1.165) is 30.7 Å². The van der Waals surface area contributed by atoms with E-state index in [1.165, 1.54) is 9.71 Å². The fourth-order valence-corrected chi connectivity index (χ4v) is 3.02. The van der Waals surface area contributed by atoms with E-state index in [0.29, 0.717) is 12.5 Å². The van der Waals surface area contributed by atoms with Gasteiger partial charge in [0.15, 0.2) is 0 Å². The molecule has 0 saturated carbocycles. The molecule has 0 bridgehead atoms. The lowest BCUT2D eigenvalue weighted by Crippen LogP contribution is -2.01. The monoisotopic (exact) mass is 264 g/mol. The van der Waals surface area contributed by atoms with E-state index in [9.17, 15) is 0 Å². The molecule has 2 rings (SSSR count). The van der Waals surface area contributed by atoms with Crippen LogP contribution in [0.3, 0.4) is 0 Å². The lowest BCUT2D eigenvalue weighted by Gasteiger charge is -2.05. The van der Waals surface area contributed by atoms with Crippen molar-refractivity contribution in [2.75, 3.05) is 13.2 Å². The zero-order chi connectivity index (χ0) is 13.0. The van der Waals surface area contributed by atoms with Crippen molar-refractivity contribution in [2.24, 2.45) is 5.73 Å². The summed E-state index contributed by atoms with van der Waals surface area (Å²) in [5.74, 6) is 1.41. The standard InChI is InChI=1S/C14H20N2OS/c1-3-17-11-6-7-12-13(9-11)18-14(16-12)10(2)5-4-8-15/h6-7,9-10H,3-5,8,15H2,1-2H3. The van der Waals surface area contributed by atoms with Crippen LogP contribution in [0.5, 0.6) is 5.75 Å². The molecule has 0 fully saturated rings. The molecule has 1 aromatic carbocycles. The Hall–Kier alpha value is -1.13. The van der Waals surface area contributed by atoms with E-state index in [-0.39, 0.29) is 0 Å². The highest BCUT2D eigenvalue weighted by molar-refractivity contribution is 7.18. The van der Waals surface area contributed by atoms with Gasteiger partial charge in [0.2, 0.25) is 0 Å². The number of rotatable bonds is 6. The van der Waals surface area contributed by atoms with Gasteiger partial charge in [0.1, 0.15) is 5.75 Å². The molecule has 1 heterocycles. The Balaban J connectivity index is 2.21. The number of hydrogen-bond donors (Lipinski definition) is 1. The number of nitrogens with two attached hydrogens (primary N) is 1. The second kappa shape index (κ2) is 6.16. The molecule has 18 heavy (non-hydrogen) atoms. The summed E-state index contributed by atoms with van der Waals surface area (Å²) in [5.41, 5.74) is 6.62. The van der Waals surface area contributed by atoms with Crippen LogP contribution in [0.25, 0.3) is 10.2 Å². The summed E-state index contributed by atoms with van der Waals surface area (Å²) in [4.78, 5) is 4.69. The molecule has 0 radical (unpaired) electrons. The molecule has 1 aromatic heterocycles. The van der Waals surface area contributed by atoms with Crippen molar-refractivity contribution in [3.8, 4) is 5.75 Å². The highest BCUT2D eigenvalue weighted by Gasteiger charge is 2.11. The average molecular weight is 264 g/mol. The zero-order valence-electron chi connectivity index (χ0n) is 11.0. The van der Waals surface area contributed by atoms with Gasteiger partial charge in [-0.15, -0.1) is 11.3 Å². The maximum atomic E-state index is 5.55. The van der Waals surface area contributed by atoms with Crippen LogP contribution in [0.2, 0.25) is 0 Å². The summed E-state index contributed by atoms with van der Waals surface area (Å²) in [7, 11) is 0. The number of hydrogen-bond acceptors (Lipinski definition) is 4. The van der Waals surface area contributed by atoms with Gasteiger partial charge in [-0.3, -0.25) is 0 Å². The summed E-state index contributed by atoms with van der Waals surface area (Å²) >= 11 is 1.76. The first-order valence-corrected chi connectivity index (χ1v) is 7.29. The lowest BCUT2D eigenvalue weighted by molar-refractivity contribution is 0.341. The summed E-state index contributed by atoms with van der Waals surface area (Å²) in [6, 6.07) is 6.10. The van der Waals surface area contributed by atoms with Gasteiger partial charge in [-0.25, -0.2) is 4.98 Å². The van der Waals surface area contributed by atoms with Gasteiger partial charge in [-0.2, -0.15) is 0 Å². The van der Waals surface area contributed by atoms with Crippen molar-refractivity contribution in [2.45, 2.75) is 32.6 Å². The van der Waals surface area contributed by atoms with Crippen LogP contribution in [0.15, 0.2) is 18.2 Å². The minimum absolute atomic E-state index is 0.487. The van der Waals surface area contributed by atoms with Crippen LogP contribution in [-0.2, 0) is 0 Å². The van der Waals surface area contributed by atoms with Crippen LogP contribution in [0.4, 0.5) is 0 Å². The van der Waals surface area contributed by atoms with E-state index >= 15 is 0 Å². The fourth-order valence-electron chi connectivity index (χ4n) is 1.94. The summed E-state index contributed by atoms with van der Waals surface area (Å²) in [5, 5.41) is 1.20. The van der Waals surface area contributed by atoms with E-state index in [1.54, 1.807) is 11.3 Å². The predicted octanol–water partition coefficient (Wildman–Crippen LogP) is 3.54. The second-order valence-corrected chi connectivity index (χ2v) is 5.51. The minimum Gasteiger partial charge on any atom is -0.494 e. The molecule has 0 aliphatic carbocycles. The van der Waals surface area contributed by atoms with Crippen LogP contribution in [0.1, 0.15) is 37.6 Å². The van der Waals surface area contributed by atoms with E-state index in [1.807, 2.05) is 19.1 Å². The molecular formula is C14H20N2OS. The van der Waals surface area contributed by atoms with Gasteiger partial charge >= 0.3 is 0 Å². The Bertz CT molecular complexity index is 509. The molecule has 3 nitrogen and oxygen atoms in total. The molecule has 0 spiro atoms. The number of thiazole rings is 1. The Kier molecular flexibility index (Phi) is 4.55. The first kappa shape index (κ1) is 13.3. The molecule has 1 atom stereocenters. The van der Waals surface area contributed by atoms with Gasteiger partial charge in [0, 0.05) is 5.92 Å². The first-order valence-electron chi connectivity index (χ1n) is 6.48. The van der Waals surface area contributed by atoms with Crippen LogP contribution < -0.4 is 10.5 Å². The van der Waals surface area contributed by atoms with Crippen LogP contribution >= 0.6 is 11.3 Å². The largest absolute Gasteiger partial charge is 0.494 e. The molecule has 0 aliphatic heterocycles. The van der Waals surface area contributed by atoms with Crippen LogP contribution in [0, 0.1) is 0 Å². The van der Waals surface area contributed by atoms with Crippen molar-refractivity contribution in [1.82, 2.24) is 4.98 Å². The van der Waals surface area contributed by atoms with E-state index in [2.05, 4.69) is 18.0 Å². The Labute approximate surface area is 112 Å². The molecular weight excluding hydrogens is 244 g/mol. The summed E-state index contributed by atoms with van der Waals surface area (Å²) in [6.45, 7) is 5.67. The normalized spacial score (nSPS) is 12.8. The van der Waals surface area contributed by atoms with Gasteiger partial charge in [-0.05, 0) is 44.5 Å². The zero-order valence-corrected chi connectivity index (χ0v) is 11.8. The van der Waals surface area contributed by atoms with Crippen molar-refractivity contribution < 1.29 is 4.74 Å². The Morgan fingerprint density at radius 2 is 2.28 bits per heavy atom. The number of ether oxygens (including phenoxy) is 1. The molecule has 0 aliphatic rings. The van der Waals surface area contributed by atoms with E-state index in [4.69, 9.17) is 10.5 Å². The maximum absolute atomic E-state index is 5.55. The van der Waals surface area contributed by atoms with Crippen molar-refractivity contribution in [3.05, 3.63) is 23.2 Å². The summed E-state index contributed by atoms with van der Waals surface area (Å²) < 4.78 is 6.72. The predicted molar refractivity (Wildman–Crippen MR) is 77.5 cm³/mol. The number of benzene rings is 1. The first-order chi connectivity index (χ1) is 8.74. The third-order valence-corrected chi connectivity index (χ3v) is 4.20. The SMILES string of the molecule is CCOc1ccc2nc(C(C)CCCN)sc2c1. The van der Waals surface area contributed by atoms with E-state index < -0.39 is 0 Å². The topological polar surface area (TPSA) is 48.1 Å². The van der Waals surface area contributed by atoms with Crippen LogP contribution in [-0.4, -0.2) is 18.1 Å². The second-order valence-electron chi connectivity index (χ2n) is 4.45. The molecule has 0 saturated heterocycles. The number of fused-ring (bicyclic) bond motifs is 1. The van der Waals surface area contributed by atoms with Crippen molar-refractivity contribution in [1.29, 1.82) is 0 Å². The Morgan fingerprint density at radius 1 is 1.44 bits per heavy atom. The quantitative estimate of drug-likeness (QED) is 0.868. The smallest absolute Gasteiger partial charge is 0.120 e. The third-order valence-electron chi connectivity index (χ3n) is 2.95. The maximum Gasteiger partial charge on any atom is 0.120 e. The molecule has 2 N–H and O–H groups in total. The van der Waals surface area contributed by atoms with Gasteiger partial charge in [0.05, 0.1) is 21.8 Å². The van der Waals surface area contributed by atoms with Crippen molar-refractivity contribution >= 4 is 21.6 Å². The molecule has 0 amide bonds. The third kappa shape index (κ3) is 3.00. The molecule has 4 heteroatoms. The van der Waals surface area contributed by atoms with Crippen molar-refractivity contribution in [3.63, 3.8) is 0 Å². The van der Waals surface area contributed by atoms with Gasteiger partial charge < -0.3 is 10.5 Å². The summed E-state index contributed by atoms with van der Waals surface area (Å²) in [6.07, 6.45) is 2.16. The van der Waals surface area contributed by atoms with Gasteiger partial charge in [-0.1, -0.05) is 6.92 Å².